The molecule has 2 aromatic carbocycles. The lowest BCUT2D eigenvalue weighted by atomic mass is 10.1. The summed E-state index contributed by atoms with van der Waals surface area (Å²) in [5.41, 5.74) is 3.03. The molecule has 0 fully saturated rings. The molecule has 8 nitrogen and oxygen atoms in total. The van der Waals surface area contributed by atoms with Crippen molar-refractivity contribution < 1.29 is 19.1 Å². The number of amides is 1. The lowest BCUT2D eigenvalue weighted by molar-refractivity contribution is -0.142. The SMILES string of the molecule is CCOC(=O)Cc1csc(NC(=O)c2ccn(COc3ccc(-c4ccccc4)cc3)n2)n1. The Labute approximate surface area is 194 Å². The highest BCUT2D eigenvalue weighted by Gasteiger charge is 2.14. The molecule has 4 aromatic rings. The van der Waals surface area contributed by atoms with Crippen LogP contribution in [0.25, 0.3) is 11.1 Å². The molecule has 0 aliphatic heterocycles. The van der Waals surface area contributed by atoms with Crippen LogP contribution in [0.1, 0.15) is 23.1 Å². The highest BCUT2D eigenvalue weighted by Crippen LogP contribution is 2.22. The van der Waals surface area contributed by atoms with E-state index in [-0.39, 0.29) is 24.8 Å². The number of hydrogen-bond acceptors (Lipinski definition) is 7. The summed E-state index contributed by atoms with van der Waals surface area (Å²) in [4.78, 5) is 28.2. The summed E-state index contributed by atoms with van der Waals surface area (Å²) >= 11 is 1.24. The Morgan fingerprint density at radius 3 is 2.55 bits per heavy atom. The first kappa shape index (κ1) is 22.2. The molecule has 4 rings (SSSR count). The molecule has 0 saturated heterocycles. The quantitative estimate of drug-likeness (QED) is 0.371. The van der Waals surface area contributed by atoms with Gasteiger partial charge < -0.3 is 9.47 Å². The number of carbonyl (C=O) groups excluding carboxylic acids is 2. The highest BCUT2D eigenvalue weighted by molar-refractivity contribution is 7.14. The largest absolute Gasteiger partial charge is 0.471 e. The first-order chi connectivity index (χ1) is 16.1. The fourth-order valence-corrected chi connectivity index (χ4v) is 3.74. The normalized spacial score (nSPS) is 10.6. The van der Waals surface area contributed by atoms with Crippen molar-refractivity contribution in [1.29, 1.82) is 0 Å². The summed E-state index contributed by atoms with van der Waals surface area (Å²) in [7, 11) is 0. The third-order valence-electron chi connectivity index (χ3n) is 4.60. The first-order valence-corrected chi connectivity index (χ1v) is 11.2. The van der Waals surface area contributed by atoms with Gasteiger partial charge in [0.25, 0.3) is 5.91 Å². The van der Waals surface area contributed by atoms with Crippen molar-refractivity contribution in [1.82, 2.24) is 14.8 Å². The summed E-state index contributed by atoms with van der Waals surface area (Å²) in [6.07, 6.45) is 1.74. The number of aromatic nitrogens is 3. The maximum Gasteiger partial charge on any atom is 0.311 e. The van der Waals surface area contributed by atoms with Crippen LogP contribution >= 0.6 is 11.3 Å². The third kappa shape index (κ3) is 6.05. The molecule has 0 unspecified atom stereocenters. The highest BCUT2D eigenvalue weighted by atomic mass is 32.1. The van der Waals surface area contributed by atoms with Gasteiger partial charge in [0, 0.05) is 11.6 Å². The minimum Gasteiger partial charge on any atom is -0.471 e. The second kappa shape index (κ2) is 10.6. The van der Waals surface area contributed by atoms with E-state index in [4.69, 9.17) is 9.47 Å². The van der Waals surface area contributed by atoms with Crippen LogP contribution in [-0.4, -0.2) is 33.2 Å². The number of carbonyl (C=O) groups is 2. The number of benzene rings is 2. The average molecular weight is 463 g/mol. The van der Waals surface area contributed by atoms with Crippen LogP contribution in [0.5, 0.6) is 5.75 Å². The van der Waals surface area contributed by atoms with E-state index in [0.29, 0.717) is 23.2 Å². The number of nitrogens with one attached hydrogen (secondary N) is 1. The molecule has 0 spiro atoms. The van der Waals surface area contributed by atoms with Crippen LogP contribution in [-0.2, 0) is 22.7 Å². The molecular weight excluding hydrogens is 440 g/mol. The van der Waals surface area contributed by atoms with Crippen LogP contribution in [0.4, 0.5) is 5.13 Å². The van der Waals surface area contributed by atoms with E-state index in [1.165, 1.54) is 16.0 Å². The van der Waals surface area contributed by atoms with Crippen molar-refractivity contribution in [2.75, 3.05) is 11.9 Å². The molecule has 0 radical (unpaired) electrons. The molecule has 1 N–H and O–H groups in total. The zero-order valence-corrected chi connectivity index (χ0v) is 18.7. The fourth-order valence-electron chi connectivity index (χ4n) is 3.04. The van der Waals surface area contributed by atoms with E-state index >= 15 is 0 Å². The van der Waals surface area contributed by atoms with Gasteiger partial charge in [-0.15, -0.1) is 11.3 Å². The smallest absolute Gasteiger partial charge is 0.311 e. The molecule has 33 heavy (non-hydrogen) atoms. The fraction of sp³-hybridized carbons (Fsp3) is 0.167. The molecule has 0 saturated carbocycles. The summed E-state index contributed by atoms with van der Waals surface area (Å²) < 4.78 is 12.2. The number of esters is 1. The molecule has 0 atom stereocenters. The summed E-state index contributed by atoms with van der Waals surface area (Å²) in [6, 6.07) is 19.5. The second-order valence-corrected chi connectivity index (χ2v) is 7.84. The molecule has 0 aliphatic carbocycles. The van der Waals surface area contributed by atoms with Crippen molar-refractivity contribution in [3.8, 4) is 16.9 Å². The van der Waals surface area contributed by atoms with Gasteiger partial charge in [-0.05, 0) is 36.2 Å². The molecule has 0 aliphatic rings. The van der Waals surface area contributed by atoms with Gasteiger partial charge in [-0.25, -0.2) is 9.67 Å². The van der Waals surface area contributed by atoms with Crippen molar-refractivity contribution in [2.45, 2.75) is 20.1 Å². The van der Waals surface area contributed by atoms with Crippen LogP contribution in [0.15, 0.2) is 72.2 Å². The monoisotopic (exact) mass is 462 g/mol. The second-order valence-electron chi connectivity index (χ2n) is 6.98. The molecule has 168 valence electrons. The van der Waals surface area contributed by atoms with Crippen molar-refractivity contribution in [2.24, 2.45) is 0 Å². The molecule has 0 bridgehead atoms. The Kier molecular flexibility index (Phi) is 7.11. The summed E-state index contributed by atoms with van der Waals surface area (Å²) in [5, 5.41) is 9.04. The maximum absolute atomic E-state index is 12.5. The van der Waals surface area contributed by atoms with Gasteiger partial charge >= 0.3 is 5.97 Å². The lowest BCUT2D eigenvalue weighted by Crippen LogP contribution is -2.14. The molecule has 2 heterocycles. The van der Waals surface area contributed by atoms with Gasteiger partial charge in [-0.2, -0.15) is 5.10 Å². The first-order valence-electron chi connectivity index (χ1n) is 10.3. The van der Waals surface area contributed by atoms with E-state index in [1.54, 1.807) is 24.6 Å². The van der Waals surface area contributed by atoms with Crippen LogP contribution in [0.3, 0.4) is 0 Å². The zero-order valence-electron chi connectivity index (χ0n) is 17.9. The lowest BCUT2D eigenvalue weighted by Gasteiger charge is -2.07. The number of nitrogens with zero attached hydrogens (tertiary/aromatic N) is 3. The minimum atomic E-state index is -0.391. The number of thiazole rings is 1. The van der Waals surface area contributed by atoms with E-state index < -0.39 is 5.91 Å². The van der Waals surface area contributed by atoms with Crippen molar-refractivity contribution in [3.63, 3.8) is 0 Å². The molecular formula is C24H22N4O4S. The maximum atomic E-state index is 12.5. The Bertz CT molecular complexity index is 1220. The van der Waals surface area contributed by atoms with Crippen molar-refractivity contribution >= 4 is 28.3 Å². The van der Waals surface area contributed by atoms with Crippen molar-refractivity contribution in [3.05, 3.63) is 83.6 Å². The van der Waals surface area contributed by atoms with Gasteiger partial charge in [0.2, 0.25) is 0 Å². The van der Waals surface area contributed by atoms with E-state index in [1.807, 2.05) is 42.5 Å². The number of ether oxygens (including phenoxy) is 2. The zero-order chi connectivity index (χ0) is 23.0. The number of rotatable bonds is 9. The topological polar surface area (TPSA) is 95.3 Å². The van der Waals surface area contributed by atoms with Gasteiger partial charge in [-0.3, -0.25) is 14.9 Å². The van der Waals surface area contributed by atoms with Crippen LogP contribution in [0.2, 0.25) is 0 Å². The van der Waals surface area contributed by atoms with Gasteiger partial charge in [0.05, 0.1) is 18.7 Å². The predicted octanol–water partition coefficient (Wildman–Crippen LogP) is 4.40. The number of hydrogen-bond donors (Lipinski definition) is 1. The Morgan fingerprint density at radius 2 is 1.79 bits per heavy atom. The van der Waals surface area contributed by atoms with Gasteiger partial charge in [0.15, 0.2) is 17.6 Å². The van der Waals surface area contributed by atoms with E-state index in [0.717, 1.165) is 11.1 Å². The minimum absolute atomic E-state index is 0.0680. The Hall–Kier alpha value is -3.98. The molecule has 2 aromatic heterocycles. The van der Waals surface area contributed by atoms with E-state index in [9.17, 15) is 9.59 Å². The molecule has 1 amide bonds. The van der Waals surface area contributed by atoms with E-state index in [2.05, 4.69) is 27.5 Å². The summed E-state index contributed by atoms with van der Waals surface area (Å²) in [5.74, 6) is -0.0415. The van der Waals surface area contributed by atoms with Crippen LogP contribution in [0, 0.1) is 0 Å². The molecule has 9 heteroatoms. The Balaban J connectivity index is 1.29. The predicted molar refractivity (Wildman–Crippen MR) is 125 cm³/mol. The number of anilines is 1. The Morgan fingerprint density at radius 1 is 1.03 bits per heavy atom. The van der Waals surface area contributed by atoms with Crippen LogP contribution < -0.4 is 10.1 Å². The standard InChI is InChI=1S/C24H22N4O4S/c1-2-31-22(29)14-19-15-33-24(25-19)26-23(30)21-12-13-28(27-21)16-32-20-10-8-18(9-11-20)17-6-4-3-5-7-17/h3-13,15H,2,14,16H2,1H3,(H,25,26,30). The third-order valence-corrected chi connectivity index (χ3v) is 5.41. The van der Waals surface area contributed by atoms with Gasteiger partial charge in [0.1, 0.15) is 5.75 Å². The van der Waals surface area contributed by atoms with Gasteiger partial charge in [-0.1, -0.05) is 42.5 Å². The average Bonchev–Trinajstić information content (AvgIpc) is 3.48. The summed E-state index contributed by atoms with van der Waals surface area (Å²) in [6.45, 7) is 2.23.